The average molecular weight is 531 g/mol. The Morgan fingerprint density at radius 2 is 1.63 bits per heavy atom. The Morgan fingerprint density at radius 1 is 0.947 bits per heavy atom. The molecule has 7 atom stereocenters. The number of benzene rings is 2. The van der Waals surface area contributed by atoms with Crippen molar-refractivity contribution < 1.29 is 23.9 Å². The second-order valence-electron chi connectivity index (χ2n) is 11.3. The van der Waals surface area contributed by atoms with Crippen molar-refractivity contribution in [3.63, 3.8) is 0 Å². The number of allylic oxidation sites excluding steroid dienone is 2. The Morgan fingerprint density at radius 3 is 2.29 bits per heavy atom. The first-order valence-corrected chi connectivity index (χ1v) is 13.6. The maximum absolute atomic E-state index is 13.5. The summed E-state index contributed by atoms with van der Waals surface area (Å²) in [5, 5.41) is 0.562. The number of ether oxygens (including phenoxy) is 1. The smallest absolute Gasteiger partial charge is 0.316 e. The molecule has 0 N–H and O–H groups in total. The molecule has 0 radical (unpaired) electrons. The lowest BCUT2D eigenvalue weighted by molar-refractivity contribution is -0.139. The second-order valence-corrected chi connectivity index (χ2v) is 11.7. The van der Waals surface area contributed by atoms with E-state index in [1.165, 1.54) is 4.90 Å². The number of hydrogen-bond donors (Lipinski definition) is 0. The molecule has 4 fully saturated rings. The maximum Gasteiger partial charge on any atom is 0.316 e. The molecule has 0 unspecified atom stereocenters. The SMILES string of the molecule is Cc1cc(OC(=O)[C@@H]2CC(=O)N(c3cccc(Cl)c3C)C2)ccc1N1C(=O)[C@@H]2[C@H]3C=C[C@@H]([C@@H]4C[C@@H]34)[C@H]2C1=O. The summed E-state index contributed by atoms with van der Waals surface area (Å²) in [6.07, 6.45) is 5.50. The van der Waals surface area contributed by atoms with Gasteiger partial charge in [0, 0.05) is 23.7 Å². The minimum absolute atomic E-state index is 0.0553. The van der Waals surface area contributed by atoms with Gasteiger partial charge in [0.25, 0.3) is 0 Å². The van der Waals surface area contributed by atoms with E-state index in [0.29, 0.717) is 39.5 Å². The Bertz CT molecular complexity index is 1430. The summed E-state index contributed by atoms with van der Waals surface area (Å²) < 4.78 is 5.65. The van der Waals surface area contributed by atoms with Crippen molar-refractivity contribution in [1.82, 2.24) is 0 Å². The zero-order valence-electron chi connectivity index (χ0n) is 21.1. The third-order valence-electron chi connectivity index (χ3n) is 9.28. The quantitative estimate of drug-likeness (QED) is 0.252. The van der Waals surface area contributed by atoms with Crippen LogP contribution in [0.4, 0.5) is 11.4 Å². The summed E-state index contributed by atoms with van der Waals surface area (Å²) in [6, 6.07) is 10.3. The van der Waals surface area contributed by atoms with Gasteiger partial charge in [-0.3, -0.25) is 19.2 Å². The van der Waals surface area contributed by atoms with Crippen LogP contribution in [0.15, 0.2) is 48.6 Å². The van der Waals surface area contributed by atoms with Gasteiger partial charge in [-0.15, -0.1) is 0 Å². The van der Waals surface area contributed by atoms with Gasteiger partial charge >= 0.3 is 5.97 Å². The van der Waals surface area contributed by atoms with Gasteiger partial charge < -0.3 is 9.64 Å². The number of esters is 1. The highest BCUT2D eigenvalue weighted by Crippen LogP contribution is 2.65. The molecule has 2 saturated heterocycles. The number of nitrogens with zero attached hydrogens (tertiary/aromatic N) is 2. The van der Waals surface area contributed by atoms with Crippen molar-refractivity contribution in [2.45, 2.75) is 26.7 Å². The van der Waals surface area contributed by atoms with Crippen LogP contribution in [-0.2, 0) is 19.2 Å². The Kier molecular flexibility index (Phi) is 5.15. The van der Waals surface area contributed by atoms with Crippen LogP contribution in [0.1, 0.15) is 24.0 Å². The molecular weight excluding hydrogens is 504 g/mol. The summed E-state index contributed by atoms with van der Waals surface area (Å²) >= 11 is 6.22. The van der Waals surface area contributed by atoms with E-state index in [1.54, 1.807) is 35.2 Å². The summed E-state index contributed by atoms with van der Waals surface area (Å²) in [4.78, 5) is 55.5. The lowest BCUT2D eigenvalue weighted by Crippen LogP contribution is -2.40. The van der Waals surface area contributed by atoms with E-state index in [0.717, 1.165) is 12.0 Å². The molecule has 194 valence electrons. The molecule has 8 heteroatoms. The molecule has 38 heavy (non-hydrogen) atoms. The van der Waals surface area contributed by atoms with Crippen molar-refractivity contribution in [1.29, 1.82) is 0 Å². The fraction of sp³-hybridized carbons (Fsp3) is 0.400. The van der Waals surface area contributed by atoms with E-state index in [-0.39, 0.29) is 54.4 Å². The summed E-state index contributed by atoms with van der Waals surface area (Å²) in [6.45, 7) is 3.87. The second kappa shape index (κ2) is 8.27. The van der Waals surface area contributed by atoms with Crippen molar-refractivity contribution in [3.8, 4) is 5.75 Å². The predicted molar refractivity (Wildman–Crippen MR) is 141 cm³/mol. The molecule has 0 spiro atoms. The molecule has 4 aliphatic carbocycles. The molecule has 2 aromatic carbocycles. The van der Waals surface area contributed by atoms with E-state index < -0.39 is 11.9 Å². The van der Waals surface area contributed by atoms with Gasteiger partial charge in [0.05, 0.1) is 23.4 Å². The summed E-state index contributed by atoms with van der Waals surface area (Å²) in [5.74, 6) is -0.251. The Labute approximate surface area is 225 Å². The summed E-state index contributed by atoms with van der Waals surface area (Å²) in [7, 11) is 0. The van der Waals surface area contributed by atoms with Gasteiger partial charge in [-0.2, -0.15) is 0 Å². The zero-order chi connectivity index (χ0) is 26.5. The van der Waals surface area contributed by atoms with Gasteiger partial charge in [0.15, 0.2) is 0 Å². The van der Waals surface area contributed by atoms with Crippen LogP contribution < -0.4 is 14.5 Å². The lowest BCUT2D eigenvalue weighted by atomic mass is 9.63. The number of rotatable bonds is 4. The Balaban J connectivity index is 1.07. The van der Waals surface area contributed by atoms with Crippen LogP contribution >= 0.6 is 11.6 Å². The number of carbonyl (C=O) groups excluding carboxylic acids is 4. The number of amides is 3. The first-order valence-electron chi connectivity index (χ1n) is 13.2. The summed E-state index contributed by atoms with van der Waals surface area (Å²) in [5.41, 5.74) is 2.70. The molecule has 3 amide bonds. The maximum atomic E-state index is 13.5. The predicted octanol–water partition coefficient (Wildman–Crippen LogP) is 4.47. The molecular formula is C30H27ClN2O5. The fourth-order valence-electron chi connectivity index (χ4n) is 7.32. The first-order chi connectivity index (χ1) is 18.2. The third-order valence-corrected chi connectivity index (χ3v) is 9.69. The average Bonchev–Trinajstić information content (AvgIpc) is 3.57. The monoisotopic (exact) mass is 530 g/mol. The van der Waals surface area contributed by atoms with Gasteiger partial charge in [-0.1, -0.05) is 29.8 Å². The van der Waals surface area contributed by atoms with Crippen molar-refractivity contribution in [3.05, 3.63) is 64.7 Å². The van der Waals surface area contributed by atoms with Crippen molar-refractivity contribution in [2.24, 2.45) is 41.4 Å². The van der Waals surface area contributed by atoms with E-state index in [4.69, 9.17) is 16.3 Å². The fourth-order valence-corrected chi connectivity index (χ4v) is 7.49. The van der Waals surface area contributed by atoms with E-state index in [1.807, 2.05) is 19.9 Å². The first kappa shape index (κ1) is 23.7. The van der Waals surface area contributed by atoms with Crippen LogP contribution in [0.3, 0.4) is 0 Å². The normalized spacial score (nSPS) is 32.6. The number of hydrogen-bond acceptors (Lipinski definition) is 5. The standard InChI is InChI=1S/C30H27ClN2O5/c1-14-10-17(38-30(37)16-11-25(34)32(13-16)24-5-3-4-22(31)15(24)2)6-9-23(14)33-28(35)26-18-7-8-19(21-12-20(18)21)27(26)29(33)36/h3-10,16,18-21,26-27H,11-13H2,1-2H3/t16-,18+,19+,20+,21+,26-,27-/m1/s1. The third kappa shape index (κ3) is 3.34. The largest absolute Gasteiger partial charge is 0.426 e. The van der Waals surface area contributed by atoms with E-state index in [9.17, 15) is 19.2 Å². The molecule has 2 saturated carbocycles. The van der Waals surface area contributed by atoms with Crippen molar-refractivity contribution in [2.75, 3.05) is 16.3 Å². The van der Waals surface area contributed by atoms with Gasteiger partial charge in [-0.25, -0.2) is 4.90 Å². The molecule has 8 rings (SSSR count). The highest BCUT2D eigenvalue weighted by Gasteiger charge is 2.67. The molecule has 2 aromatic rings. The van der Waals surface area contributed by atoms with E-state index in [2.05, 4.69) is 12.2 Å². The number of imide groups is 1. The van der Waals surface area contributed by atoms with Crippen LogP contribution in [0.2, 0.25) is 5.02 Å². The van der Waals surface area contributed by atoms with Crippen LogP contribution in [0, 0.1) is 55.3 Å². The number of anilines is 2. The van der Waals surface area contributed by atoms with Gasteiger partial charge in [0.2, 0.25) is 17.7 Å². The number of aryl methyl sites for hydroxylation is 1. The van der Waals surface area contributed by atoms with Gasteiger partial charge in [-0.05, 0) is 85.4 Å². The molecule has 7 nitrogen and oxygen atoms in total. The molecule has 2 bridgehead atoms. The lowest BCUT2D eigenvalue weighted by Gasteiger charge is -2.37. The van der Waals surface area contributed by atoms with Gasteiger partial charge in [0.1, 0.15) is 5.75 Å². The molecule has 2 heterocycles. The highest BCUT2D eigenvalue weighted by molar-refractivity contribution is 6.31. The molecule has 6 aliphatic rings. The van der Waals surface area contributed by atoms with Crippen LogP contribution in [0.5, 0.6) is 5.75 Å². The van der Waals surface area contributed by atoms with Crippen molar-refractivity contribution >= 4 is 46.7 Å². The zero-order valence-corrected chi connectivity index (χ0v) is 21.9. The van der Waals surface area contributed by atoms with E-state index >= 15 is 0 Å². The number of carbonyl (C=O) groups is 4. The van der Waals surface area contributed by atoms with Crippen LogP contribution in [-0.4, -0.2) is 30.2 Å². The molecule has 0 aromatic heterocycles. The molecule has 2 aliphatic heterocycles. The Hall–Kier alpha value is -3.45. The highest BCUT2D eigenvalue weighted by atomic mass is 35.5. The topological polar surface area (TPSA) is 84.0 Å². The van der Waals surface area contributed by atoms with Crippen LogP contribution in [0.25, 0.3) is 0 Å². The number of halogens is 1. The minimum atomic E-state index is -0.611. The minimum Gasteiger partial charge on any atom is -0.426 e.